The average molecular weight is 453 g/mol. The van der Waals surface area contributed by atoms with Gasteiger partial charge in [0.05, 0.1) is 35.1 Å². The number of hydrogen-bond donors (Lipinski definition) is 0. The zero-order chi connectivity index (χ0) is 24.4. The van der Waals surface area contributed by atoms with Crippen molar-refractivity contribution in [1.29, 1.82) is 21.0 Å². The molecule has 1 aromatic carbocycles. The first-order valence-corrected chi connectivity index (χ1v) is 11.3. The highest BCUT2D eigenvalue weighted by atomic mass is 32.1. The number of nitriles is 4. The summed E-state index contributed by atoms with van der Waals surface area (Å²) in [6.07, 6.45) is 2.66. The van der Waals surface area contributed by atoms with Crippen molar-refractivity contribution >= 4 is 11.3 Å². The van der Waals surface area contributed by atoms with E-state index in [0.717, 1.165) is 11.1 Å². The Hall–Kier alpha value is -4.14. The van der Waals surface area contributed by atoms with Crippen LogP contribution in [0.2, 0.25) is 0 Å². The quantitative estimate of drug-likeness (QED) is 0.401. The standard InChI is InChI=1S/C14H13N3.C12H11N3S/c1-17-11-9-14(12-16,8-5-10-15)13-6-3-2-4-7-13;1-15-7-5-12(10-14,4-2-6-13)11-3-8-16-9-11/h2-4,6-7H,5,8-9,11H2;3,8-9H,2,4-5,7H2. The number of nitrogens with zero attached hydrogens (tertiary/aromatic N) is 6. The van der Waals surface area contributed by atoms with E-state index >= 15 is 0 Å². The average Bonchev–Trinajstić information content (AvgIpc) is 3.42. The molecule has 0 fully saturated rings. The van der Waals surface area contributed by atoms with Crippen molar-refractivity contribution in [3.8, 4) is 24.3 Å². The van der Waals surface area contributed by atoms with E-state index in [0.29, 0.717) is 51.6 Å². The van der Waals surface area contributed by atoms with Crippen LogP contribution >= 0.6 is 11.3 Å². The zero-order valence-corrected chi connectivity index (χ0v) is 19.2. The Balaban J connectivity index is 0.000000331. The van der Waals surface area contributed by atoms with Crippen LogP contribution in [0.15, 0.2) is 47.2 Å². The third-order valence-corrected chi connectivity index (χ3v) is 6.14. The van der Waals surface area contributed by atoms with Gasteiger partial charge in [0.25, 0.3) is 0 Å². The first-order chi connectivity index (χ1) is 16.1. The normalized spacial score (nSPS) is 12.9. The summed E-state index contributed by atoms with van der Waals surface area (Å²) in [5.74, 6) is 0. The van der Waals surface area contributed by atoms with Gasteiger partial charge in [-0.05, 0) is 40.8 Å². The van der Waals surface area contributed by atoms with Gasteiger partial charge in [0.2, 0.25) is 13.1 Å². The van der Waals surface area contributed by atoms with Gasteiger partial charge in [-0.25, -0.2) is 13.1 Å². The molecule has 0 N–H and O–H groups in total. The van der Waals surface area contributed by atoms with E-state index in [1.54, 1.807) is 0 Å². The maximum Gasteiger partial charge on any atom is 0.216 e. The molecule has 2 unspecified atom stereocenters. The van der Waals surface area contributed by atoms with Crippen LogP contribution in [0.3, 0.4) is 0 Å². The van der Waals surface area contributed by atoms with Crippen molar-refractivity contribution in [1.82, 2.24) is 0 Å². The van der Waals surface area contributed by atoms with Gasteiger partial charge in [0.1, 0.15) is 0 Å². The minimum Gasteiger partial charge on any atom is -0.317 e. The van der Waals surface area contributed by atoms with E-state index in [9.17, 15) is 10.5 Å². The van der Waals surface area contributed by atoms with Gasteiger partial charge in [-0.1, -0.05) is 30.3 Å². The first-order valence-electron chi connectivity index (χ1n) is 10.4. The summed E-state index contributed by atoms with van der Waals surface area (Å²) in [6, 6.07) is 20.1. The van der Waals surface area contributed by atoms with Crippen molar-refractivity contribution in [3.63, 3.8) is 0 Å². The summed E-state index contributed by atoms with van der Waals surface area (Å²) in [4.78, 5) is 6.62. The molecule has 0 saturated heterocycles. The van der Waals surface area contributed by atoms with E-state index in [1.807, 2.05) is 47.2 Å². The highest BCUT2D eigenvalue weighted by Gasteiger charge is 2.34. The van der Waals surface area contributed by atoms with E-state index in [2.05, 4.69) is 34.0 Å². The SMILES string of the molecule is [C-]#[N+]CCC(C#N)(CCC#N)c1ccccc1.[C-]#[N+]CCC(C#N)(CCC#N)c1ccsc1. The second-order valence-corrected chi connectivity index (χ2v) is 8.13. The second kappa shape index (κ2) is 14.8. The predicted molar refractivity (Wildman–Crippen MR) is 127 cm³/mol. The summed E-state index contributed by atoms with van der Waals surface area (Å²) >= 11 is 1.54. The summed E-state index contributed by atoms with van der Waals surface area (Å²) in [5, 5.41) is 39.9. The molecule has 164 valence electrons. The van der Waals surface area contributed by atoms with E-state index in [4.69, 9.17) is 23.7 Å². The van der Waals surface area contributed by atoms with Gasteiger partial charge < -0.3 is 9.69 Å². The van der Waals surface area contributed by atoms with Gasteiger partial charge in [-0.2, -0.15) is 32.4 Å². The van der Waals surface area contributed by atoms with Crippen LogP contribution in [-0.2, 0) is 10.8 Å². The van der Waals surface area contributed by atoms with Crippen LogP contribution in [-0.4, -0.2) is 13.1 Å². The zero-order valence-electron chi connectivity index (χ0n) is 18.4. The maximum absolute atomic E-state index is 9.42. The van der Waals surface area contributed by atoms with Crippen molar-refractivity contribution in [2.24, 2.45) is 0 Å². The Labute approximate surface area is 200 Å². The molecule has 0 spiro atoms. The minimum atomic E-state index is -0.693. The highest BCUT2D eigenvalue weighted by molar-refractivity contribution is 7.08. The Morgan fingerprint density at radius 3 is 1.64 bits per heavy atom. The lowest BCUT2D eigenvalue weighted by molar-refractivity contribution is 0.488. The number of rotatable bonds is 10. The molecule has 0 aliphatic rings. The molecule has 0 bridgehead atoms. The molecule has 1 aromatic heterocycles. The number of benzene rings is 1. The third-order valence-electron chi connectivity index (χ3n) is 5.46. The Kier molecular flexibility index (Phi) is 12.1. The fourth-order valence-corrected chi connectivity index (χ4v) is 4.26. The molecule has 2 aromatic rings. The summed E-state index contributed by atoms with van der Waals surface area (Å²) in [6.45, 7) is 14.3. The molecule has 2 atom stereocenters. The summed E-state index contributed by atoms with van der Waals surface area (Å²) < 4.78 is 0. The van der Waals surface area contributed by atoms with Gasteiger partial charge in [-0.3, -0.25) is 0 Å². The van der Waals surface area contributed by atoms with Gasteiger partial charge in [-0.15, -0.1) is 0 Å². The van der Waals surface area contributed by atoms with E-state index in [1.165, 1.54) is 11.3 Å². The lowest BCUT2D eigenvalue weighted by Crippen LogP contribution is -2.25. The summed E-state index contributed by atoms with van der Waals surface area (Å²) in [5.41, 5.74) is 0.502. The van der Waals surface area contributed by atoms with Crippen molar-refractivity contribution in [2.45, 2.75) is 49.4 Å². The topological polar surface area (TPSA) is 104 Å². The molecule has 0 saturated carbocycles. The highest BCUT2D eigenvalue weighted by Crippen LogP contribution is 2.34. The maximum atomic E-state index is 9.42. The number of thiophene rings is 1. The molecule has 2 rings (SSSR count). The monoisotopic (exact) mass is 452 g/mol. The molecule has 0 aliphatic carbocycles. The molecule has 1 heterocycles. The molecule has 0 amide bonds. The van der Waals surface area contributed by atoms with Gasteiger partial charge in [0, 0.05) is 25.7 Å². The van der Waals surface area contributed by atoms with Crippen LogP contribution in [0.25, 0.3) is 9.69 Å². The Bertz CT molecular complexity index is 1060. The van der Waals surface area contributed by atoms with Crippen LogP contribution in [0.5, 0.6) is 0 Å². The lowest BCUT2D eigenvalue weighted by Gasteiger charge is -2.24. The van der Waals surface area contributed by atoms with Gasteiger partial charge >= 0.3 is 0 Å². The molecular formula is C26H24N6S. The smallest absolute Gasteiger partial charge is 0.216 e. The van der Waals surface area contributed by atoms with Crippen LogP contribution < -0.4 is 0 Å². The van der Waals surface area contributed by atoms with Crippen LogP contribution in [0.4, 0.5) is 0 Å². The fraction of sp³-hybridized carbons (Fsp3) is 0.385. The summed E-state index contributed by atoms with van der Waals surface area (Å²) in [7, 11) is 0. The predicted octanol–water partition coefficient (Wildman–Crippen LogP) is 6.18. The Morgan fingerprint density at radius 1 is 0.727 bits per heavy atom. The molecule has 0 radical (unpaired) electrons. The van der Waals surface area contributed by atoms with E-state index < -0.39 is 10.8 Å². The van der Waals surface area contributed by atoms with E-state index in [-0.39, 0.29) is 0 Å². The fourth-order valence-electron chi connectivity index (χ4n) is 3.51. The first kappa shape index (κ1) is 26.9. The molecule has 0 aliphatic heterocycles. The molecule has 7 heteroatoms. The lowest BCUT2D eigenvalue weighted by atomic mass is 9.75. The largest absolute Gasteiger partial charge is 0.317 e. The van der Waals surface area contributed by atoms with Crippen molar-refractivity contribution in [3.05, 3.63) is 81.1 Å². The minimum absolute atomic E-state index is 0.313. The van der Waals surface area contributed by atoms with Gasteiger partial charge in [0.15, 0.2) is 0 Å². The number of hydrogen-bond acceptors (Lipinski definition) is 5. The Morgan fingerprint density at radius 2 is 1.24 bits per heavy atom. The molecule has 6 nitrogen and oxygen atoms in total. The van der Waals surface area contributed by atoms with Crippen LogP contribution in [0, 0.1) is 58.5 Å². The second-order valence-electron chi connectivity index (χ2n) is 7.35. The molecular weight excluding hydrogens is 428 g/mol. The van der Waals surface area contributed by atoms with Crippen molar-refractivity contribution < 1.29 is 0 Å². The molecule has 33 heavy (non-hydrogen) atoms. The van der Waals surface area contributed by atoms with Crippen LogP contribution in [0.1, 0.15) is 49.7 Å². The van der Waals surface area contributed by atoms with Crippen molar-refractivity contribution in [2.75, 3.05) is 13.1 Å². The third kappa shape index (κ3) is 7.80.